The lowest BCUT2D eigenvalue weighted by molar-refractivity contribution is -0.199. The van der Waals surface area contributed by atoms with Crippen LogP contribution in [0.5, 0.6) is 5.75 Å². The largest absolute Gasteiger partial charge is 0.496 e. The first-order valence-electron chi connectivity index (χ1n) is 14.2. The van der Waals surface area contributed by atoms with Crippen LogP contribution in [0.4, 0.5) is 0 Å². The first-order valence-corrected chi connectivity index (χ1v) is 15.1. The van der Waals surface area contributed by atoms with Crippen molar-refractivity contribution < 1.29 is 28.4 Å². The molecule has 6 rings (SSSR count). The van der Waals surface area contributed by atoms with Crippen molar-refractivity contribution in [3.8, 4) is 5.75 Å². The first kappa shape index (κ1) is 29.1. The molecule has 10 heteroatoms. The Bertz CT molecular complexity index is 1250. The molecule has 0 spiro atoms. The molecule has 1 saturated heterocycles. The molecule has 3 saturated carbocycles. The van der Waals surface area contributed by atoms with Crippen molar-refractivity contribution in [2.24, 2.45) is 17.3 Å². The molecule has 216 valence electrons. The van der Waals surface area contributed by atoms with E-state index in [1.165, 1.54) is 0 Å². The molecule has 3 aliphatic carbocycles. The third-order valence-corrected chi connectivity index (χ3v) is 9.92. The van der Waals surface area contributed by atoms with Gasteiger partial charge in [0.25, 0.3) is 0 Å². The van der Waals surface area contributed by atoms with Gasteiger partial charge in [-0.05, 0) is 82.3 Å². The molecule has 4 aliphatic rings. The lowest BCUT2D eigenvalue weighted by atomic mass is 9.43. The molecule has 1 aliphatic heterocycles. The number of ether oxygens (including phenoxy) is 2. The summed E-state index contributed by atoms with van der Waals surface area (Å²) in [5, 5.41) is 3.21. The highest BCUT2D eigenvalue weighted by Crippen LogP contribution is 2.65. The van der Waals surface area contributed by atoms with Crippen LogP contribution in [0, 0.1) is 17.3 Å². The summed E-state index contributed by atoms with van der Waals surface area (Å²) in [6.07, 6.45) is 5.21. The van der Waals surface area contributed by atoms with E-state index >= 15 is 0 Å². The number of aromatic nitrogens is 1. The van der Waals surface area contributed by atoms with E-state index in [2.05, 4.69) is 31.1 Å². The second-order valence-electron chi connectivity index (χ2n) is 13.2. The monoisotopic (exact) mass is 568 g/mol. The van der Waals surface area contributed by atoms with Crippen LogP contribution in [-0.2, 0) is 31.7 Å². The minimum Gasteiger partial charge on any atom is -0.496 e. The van der Waals surface area contributed by atoms with E-state index in [9.17, 15) is 9.59 Å². The molecular weight excluding hydrogens is 527 g/mol. The Labute approximate surface area is 241 Å². The summed E-state index contributed by atoms with van der Waals surface area (Å²) in [4.78, 5) is 31.4. The molecule has 5 unspecified atom stereocenters. The summed E-state index contributed by atoms with van der Waals surface area (Å²) in [5.74, 6) is 0.449. The smallest absolute Gasteiger partial charge is 0.482 e. The van der Waals surface area contributed by atoms with Crippen LogP contribution >= 0.6 is 11.3 Å². The number of thiazole rings is 1. The van der Waals surface area contributed by atoms with Crippen LogP contribution in [-0.4, -0.2) is 54.3 Å². The van der Waals surface area contributed by atoms with E-state index in [0.717, 1.165) is 23.3 Å². The number of para-hydroxylation sites is 1. The number of nitrogens with one attached hydrogen (secondary N) is 1. The second kappa shape index (κ2) is 10.8. The van der Waals surface area contributed by atoms with Crippen molar-refractivity contribution in [3.05, 3.63) is 45.9 Å². The number of hydrogen-bond acceptors (Lipinski definition) is 8. The highest BCUT2D eigenvalue weighted by Gasteiger charge is 2.68. The Hall–Kier alpha value is -2.43. The number of esters is 1. The van der Waals surface area contributed by atoms with Gasteiger partial charge in [-0.1, -0.05) is 26.0 Å². The van der Waals surface area contributed by atoms with Gasteiger partial charge in [0.05, 0.1) is 30.3 Å². The zero-order valence-electron chi connectivity index (χ0n) is 24.6. The van der Waals surface area contributed by atoms with Crippen LogP contribution in [0.25, 0.3) is 0 Å². The number of aryl methyl sites for hydroxylation is 1. The Morgan fingerprint density at radius 2 is 2.02 bits per heavy atom. The van der Waals surface area contributed by atoms with Gasteiger partial charge in [0.2, 0.25) is 5.91 Å². The molecule has 4 fully saturated rings. The molecule has 0 radical (unpaired) electrons. The van der Waals surface area contributed by atoms with Crippen molar-refractivity contribution in [1.82, 2.24) is 10.3 Å². The van der Waals surface area contributed by atoms with Gasteiger partial charge in [-0.2, -0.15) is 0 Å². The second-order valence-corrected chi connectivity index (χ2v) is 14.2. The topological polar surface area (TPSA) is 96.0 Å². The Morgan fingerprint density at radius 1 is 1.25 bits per heavy atom. The molecule has 2 heterocycles. The summed E-state index contributed by atoms with van der Waals surface area (Å²) in [6, 6.07) is 5.42. The maximum absolute atomic E-state index is 13.2. The van der Waals surface area contributed by atoms with Gasteiger partial charge in [-0.3, -0.25) is 9.78 Å². The number of methoxy groups -OCH3 is 1. The van der Waals surface area contributed by atoms with Crippen molar-refractivity contribution in [2.45, 2.75) is 96.9 Å². The number of hydrogen-bond donors (Lipinski definition) is 1. The van der Waals surface area contributed by atoms with Gasteiger partial charge in [0.1, 0.15) is 16.9 Å². The van der Waals surface area contributed by atoms with E-state index < -0.39 is 30.2 Å². The quantitative estimate of drug-likeness (QED) is 0.335. The average molecular weight is 569 g/mol. The van der Waals surface area contributed by atoms with Crippen molar-refractivity contribution in [3.63, 3.8) is 0 Å². The number of carbonyl (C=O) groups excluding carboxylic acids is 2. The fraction of sp³-hybridized carbons (Fsp3) is 0.633. The normalized spacial score (nSPS) is 27.4. The summed E-state index contributed by atoms with van der Waals surface area (Å²) >= 11 is 1.54. The maximum atomic E-state index is 13.2. The standard InChI is InChI=1S/C30H41BN2O6S/c1-28(2,3)37-27(35)21-10-8-9-18(26(21)36-7)13-24(33-25(34)12-11-20-16-32-17-40-20)31-38-23-15-19-14-22(29(19,4)5)30(23,6)39-31/h8-10,16-17,19,22-24H,11-15H2,1-7H3,(H,33,34). The molecule has 5 atom stereocenters. The van der Waals surface area contributed by atoms with Crippen LogP contribution in [0.1, 0.15) is 81.6 Å². The highest BCUT2D eigenvalue weighted by molar-refractivity contribution is 7.09. The lowest BCUT2D eigenvalue weighted by Crippen LogP contribution is -2.65. The Balaban J connectivity index is 1.39. The summed E-state index contributed by atoms with van der Waals surface area (Å²) in [5.41, 5.74) is 2.06. The predicted molar refractivity (Wildman–Crippen MR) is 154 cm³/mol. The number of nitrogens with zero attached hydrogens (tertiary/aromatic N) is 1. The molecule has 40 heavy (non-hydrogen) atoms. The molecule has 1 N–H and O–H groups in total. The summed E-state index contributed by atoms with van der Waals surface area (Å²) < 4.78 is 24.7. The van der Waals surface area contributed by atoms with Crippen molar-refractivity contribution in [1.29, 1.82) is 0 Å². The minimum absolute atomic E-state index is 0.0131. The molecule has 2 aromatic rings. The first-order chi connectivity index (χ1) is 18.8. The van der Waals surface area contributed by atoms with Crippen LogP contribution in [0.15, 0.2) is 29.9 Å². The Kier molecular flexibility index (Phi) is 7.83. The maximum Gasteiger partial charge on any atom is 0.482 e. The Morgan fingerprint density at radius 3 is 2.67 bits per heavy atom. The third kappa shape index (κ3) is 5.55. The van der Waals surface area contributed by atoms with Crippen LogP contribution in [0.2, 0.25) is 0 Å². The fourth-order valence-corrected chi connectivity index (χ4v) is 7.48. The number of carbonyl (C=O) groups is 2. The SMILES string of the molecule is COc1c(CC(NC(=O)CCc2cncs2)B2OC3CC4CC(C4(C)C)C3(C)O2)cccc1C(=O)OC(C)(C)C. The molecule has 1 amide bonds. The van der Waals surface area contributed by atoms with Gasteiger partial charge in [-0.25, -0.2) is 4.79 Å². The van der Waals surface area contributed by atoms with E-state index in [0.29, 0.717) is 42.4 Å². The van der Waals surface area contributed by atoms with Crippen LogP contribution in [0.3, 0.4) is 0 Å². The highest BCUT2D eigenvalue weighted by atomic mass is 32.1. The van der Waals surface area contributed by atoms with Gasteiger partial charge in [0, 0.05) is 17.5 Å². The zero-order valence-corrected chi connectivity index (χ0v) is 25.4. The van der Waals surface area contributed by atoms with Gasteiger partial charge in [0.15, 0.2) is 0 Å². The number of benzene rings is 1. The van der Waals surface area contributed by atoms with Crippen molar-refractivity contribution in [2.75, 3.05) is 7.11 Å². The summed E-state index contributed by atoms with van der Waals surface area (Å²) in [6.45, 7) is 12.3. The van der Waals surface area contributed by atoms with E-state index in [4.69, 9.17) is 18.8 Å². The third-order valence-electron chi connectivity index (χ3n) is 9.08. The molecule has 1 aromatic carbocycles. The van der Waals surface area contributed by atoms with Crippen LogP contribution < -0.4 is 10.1 Å². The van der Waals surface area contributed by atoms with Gasteiger partial charge < -0.3 is 24.1 Å². The molecular formula is C30H41BN2O6S. The predicted octanol–water partition coefficient (Wildman–Crippen LogP) is 5.03. The van der Waals surface area contributed by atoms with Gasteiger partial charge >= 0.3 is 13.1 Å². The molecule has 1 aromatic heterocycles. The average Bonchev–Trinajstić information content (AvgIpc) is 3.52. The van der Waals surface area contributed by atoms with Crippen molar-refractivity contribution >= 4 is 30.3 Å². The lowest BCUT2D eigenvalue weighted by Gasteiger charge is -2.64. The number of rotatable bonds is 9. The van der Waals surface area contributed by atoms with E-state index in [1.807, 2.05) is 32.9 Å². The minimum atomic E-state index is -0.640. The molecule has 8 nitrogen and oxygen atoms in total. The zero-order chi connectivity index (χ0) is 28.9. The van der Waals surface area contributed by atoms with Gasteiger partial charge in [-0.15, -0.1) is 11.3 Å². The van der Waals surface area contributed by atoms with E-state index in [1.54, 1.807) is 36.2 Å². The number of amides is 1. The molecule has 2 bridgehead atoms. The summed E-state index contributed by atoms with van der Waals surface area (Å²) in [7, 11) is 0.926. The fourth-order valence-electron chi connectivity index (χ4n) is 6.89. The van der Waals surface area contributed by atoms with E-state index in [-0.39, 0.29) is 17.4 Å².